The summed E-state index contributed by atoms with van der Waals surface area (Å²) in [6, 6.07) is 3.90. The first-order valence-electron chi connectivity index (χ1n) is 4.82. The SMILES string of the molecule is C#Cc1ccc2nc(C3CC3)cn2c1.[HH]. The van der Waals surface area contributed by atoms with Crippen molar-refractivity contribution in [3.05, 3.63) is 35.8 Å². The maximum absolute atomic E-state index is 5.34. The van der Waals surface area contributed by atoms with E-state index in [9.17, 15) is 0 Å². The van der Waals surface area contributed by atoms with E-state index in [-0.39, 0.29) is 1.43 Å². The molecule has 0 amide bonds. The van der Waals surface area contributed by atoms with Crippen LogP contribution < -0.4 is 0 Å². The van der Waals surface area contributed by atoms with Crippen molar-refractivity contribution in [2.45, 2.75) is 18.8 Å². The van der Waals surface area contributed by atoms with Gasteiger partial charge in [-0.1, -0.05) is 5.92 Å². The Morgan fingerprint density at radius 1 is 1.43 bits per heavy atom. The monoisotopic (exact) mass is 184 g/mol. The molecular weight excluding hydrogens is 172 g/mol. The van der Waals surface area contributed by atoms with Gasteiger partial charge in [-0.2, -0.15) is 0 Å². The van der Waals surface area contributed by atoms with Crippen LogP contribution >= 0.6 is 0 Å². The lowest BCUT2D eigenvalue weighted by atomic mass is 10.3. The van der Waals surface area contributed by atoms with Gasteiger partial charge < -0.3 is 4.40 Å². The normalized spacial score (nSPS) is 15.6. The Labute approximate surface area is 84.1 Å². The minimum absolute atomic E-state index is 0. The molecule has 2 aromatic rings. The Morgan fingerprint density at radius 2 is 2.29 bits per heavy atom. The molecule has 1 aliphatic rings. The van der Waals surface area contributed by atoms with E-state index in [4.69, 9.17) is 6.42 Å². The smallest absolute Gasteiger partial charge is 0.137 e. The topological polar surface area (TPSA) is 17.3 Å². The minimum atomic E-state index is 0. The van der Waals surface area contributed by atoms with Gasteiger partial charge in [0.2, 0.25) is 0 Å². The predicted molar refractivity (Wildman–Crippen MR) is 57.2 cm³/mol. The van der Waals surface area contributed by atoms with E-state index in [1.54, 1.807) is 0 Å². The summed E-state index contributed by atoms with van der Waals surface area (Å²) in [5.74, 6) is 3.32. The van der Waals surface area contributed by atoms with E-state index < -0.39 is 0 Å². The largest absolute Gasteiger partial charge is 0.306 e. The second-order valence-electron chi connectivity index (χ2n) is 3.77. The molecule has 0 aromatic carbocycles. The van der Waals surface area contributed by atoms with Crippen molar-refractivity contribution in [3.63, 3.8) is 0 Å². The van der Waals surface area contributed by atoms with Crippen molar-refractivity contribution in [1.82, 2.24) is 9.38 Å². The van der Waals surface area contributed by atoms with Crippen molar-refractivity contribution < 1.29 is 1.43 Å². The van der Waals surface area contributed by atoms with Gasteiger partial charge in [0, 0.05) is 25.3 Å². The van der Waals surface area contributed by atoms with Crippen molar-refractivity contribution in [2.75, 3.05) is 0 Å². The van der Waals surface area contributed by atoms with Gasteiger partial charge in [-0.25, -0.2) is 4.98 Å². The maximum Gasteiger partial charge on any atom is 0.137 e. The number of hydrogen-bond acceptors (Lipinski definition) is 1. The van der Waals surface area contributed by atoms with Crippen LogP contribution in [0.15, 0.2) is 24.5 Å². The molecule has 14 heavy (non-hydrogen) atoms. The molecule has 70 valence electrons. The number of fused-ring (bicyclic) bond motifs is 1. The number of aromatic nitrogens is 2. The molecule has 0 bridgehead atoms. The van der Waals surface area contributed by atoms with E-state index in [2.05, 4.69) is 17.1 Å². The summed E-state index contributed by atoms with van der Waals surface area (Å²) in [7, 11) is 0. The molecule has 0 unspecified atom stereocenters. The second kappa shape index (κ2) is 2.62. The van der Waals surface area contributed by atoms with Crippen LogP contribution in [0.3, 0.4) is 0 Å². The van der Waals surface area contributed by atoms with Gasteiger partial charge in [-0.15, -0.1) is 6.42 Å². The van der Waals surface area contributed by atoms with Crippen LogP contribution in [0.25, 0.3) is 5.65 Å². The van der Waals surface area contributed by atoms with E-state index >= 15 is 0 Å². The van der Waals surface area contributed by atoms with E-state index in [0.717, 1.165) is 11.2 Å². The Kier molecular flexibility index (Phi) is 1.43. The minimum Gasteiger partial charge on any atom is -0.306 e. The lowest BCUT2D eigenvalue weighted by Gasteiger charge is -1.92. The molecule has 0 aliphatic heterocycles. The van der Waals surface area contributed by atoms with Gasteiger partial charge in [0.05, 0.1) is 5.69 Å². The molecule has 2 heteroatoms. The molecule has 1 saturated carbocycles. The fraction of sp³-hybridized carbons (Fsp3) is 0.250. The Morgan fingerprint density at radius 3 is 3.00 bits per heavy atom. The molecule has 0 atom stereocenters. The Hall–Kier alpha value is -1.75. The number of hydrogen-bond donors (Lipinski definition) is 0. The summed E-state index contributed by atoms with van der Waals surface area (Å²) in [6.45, 7) is 0. The summed E-state index contributed by atoms with van der Waals surface area (Å²) in [5, 5.41) is 0. The van der Waals surface area contributed by atoms with Crippen LogP contribution in [-0.4, -0.2) is 9.38 Å². The first kappa shape index (κ1) is 7.64. The van der Waals surface area contributed by atoms with Crippen LogP contribution in [0.1, 0.15) is 31.4 Å². The first-order valence-corrected chi connectivity index (χ1v) is 4.82. The van der Waals surface area contributed by atoms with Gasteiger partial charge in [0.25, 0.3) is 0 Å². The standard InChI is InChI=1S/C12H10N2.H2/c1-2-9-3-6-12-13-11(10-4-5-10)8-14(12)7-9;/h1,3,6-8,10H,4-5H2;1H. The maximum atomic E-state index is 5.34. The van der Waals surface area contributed by atoms with E-state index in [1.165, 1.54) is 18.5 Å². The molecule has 1 aliphatic carbocycles. The Bertz CT molecular complexity index is 532. The summed E-state index contributed by atoms with van der Waals surface area (Å²) < 4.78 is 2.02. The molecule has 0 N–H and O–H groups in total. The fourth-order valence-electron chi connectivity index (χ4n) is 1.67. The lowest BCUT2D eigenvalue weighted by molar-refractivity contribution is 1.06. The summed E-state index contributed by atoms with van der Waals surface area (Å²) in [5.41, 5.74) is 3.10. The number of imidazole rings is 1. The molecule has 0 radical (unpaired) electrons. The quantitative estimate of drug-likeness (QED) is 0.622. The van der Waals surface area contributed by atoms with Crippen molar-refractivity contribution in [1.29, 1.82) is 0 Å². The molecule has 0 spiro atoms. The molecule has 2 heterocycles. The predicted octanol–water partition coefficient (Wildman–Crippen LogP) is 2.44. The molecule has 3 rings (SSSR count). The zero-order valence-electron chi connectivity index (χ0n) is 7.77. The lowest BCUT2D eigenvalue weighted by Crippen LogP contribution is -1.83. The third kappa shape index (κ3) is 1.10. The molecule has 0 saturated heterocycles. The Balaban J connectivity index is 0.000000853. The zero-order chi connectivity index (χ0) is 9.54. The van der Waals surface area contributed by atoms with Gasteiger partial charge in [0.15, 0.2) is 0 Å². The average molecular weight is 184 g/mol. The first-order chi connectivity index (χ1) is 6.86. The molecule has 1 fully saturated rings. The van der Waals surface area contributed by atoms with Crippen LogP contribution in [0.2, 0.25) is 0 Å². The number of rotatable bonds is 1. The molecular formula is C12H12N2. The van der Waals surface area contributed by atoms with E-state index in [0.29, 0.717) is 5.92 Å². The third-order valence-electron chi connectivity index (χ3n) is 2.63. The second-order valence-corrected chi connectivity index (χ2v) is 3.77. The van der Waals surface area contributed by atoms with Gasteiger partial charge in [-0.3, -0.25) is 0 Å². The van der Waals surface area contributed by atoms with Crippen molar-refractivity contribution in [2.24, 2.45) is 0 Å². The molecule has 2 nitrogen and oxygen atoms in total. The highest BCUT2D eigenvalue weighted by molar-refractivity contribution is 5.45. The highest BCUT2D eigenvalue weighted by Gasteiger charge is 2.25. The average Bonchev–Trinajstić information content (AvgIpc) is 2.97. The highest BCUT2D eigenvalue weighted by atomic mass is 15.0. The molecule has 2 aromatic heterocycles. The van der Waals surface area contributed by atoms with Gasteiger partial charge in [-0.05, 0) is 25.0 Å². The zero-order valence-corrected chi connectivity index (χ0v) is 7.77. The van der Waals surface area contributed by atoms with E-state index in [1.807, 2.05) is 22.7 Å². The van der Waals surface area contributed by atoms with Crippen LogP contribution in [-0.2, 0) is 0 Å². The van der Waals surface area contributed by atoms with Crippen molar-refractivity contribution >= 4 is 5.65 Å². The number of pyridine rings is 1. The van der Waals surface area contributed by atoms with Gasteiger partial charge >= 0.3 is 0 Å². The fourth-order valence-corrected chi connectivity index (χ4v) is 1.67. The van der Waals surface area contributed by atoms with Crippen molar-refractivity contribution in [3.8, 4) is 12.3 Å². The number of nitrogens with zero attached hydrogens (tertiary/aromatic N) is 2. The van der Waals surface area contributed by atoms with Crippen LogP contribution in [0, 0.1) is 12.3 Å². The van der Waals surface area contributed by atoms with Crippen LogP contribution in [0.5, 0.6) is 0 Å². The van der Waals surface area contributed by atoms with Gasteiger partial charge in [0.1, 0.15) is 5.65 Å². The number of terminal acetylenes is 1. The summed E-state index contributed by atoms with van der Waals surface area (Å²) in [6.07, 6.45) is 11.9. The van der Waals surface area contributed by atoms with Crippen LogP contribution in [0.4, 0.5) is 0 Å². The summed E-state index contributed by atoms with van der Waals surface area (Å²) >= 11 is 0. The highest BCUT2D eigenvalue weighted by Crippen LogP contribution is 2.39. The summed E-state index contributed by atoms with van der Waals surface area (Å²) in [4.78, 5) is 4.54. The third-order valence-corrected chi connectivity index (χ3v) is 2.63.